The highest BCUT2D eigenvalue weighted by Gasteiger charge is 2.25. The quantitative estimate of drug-likeness (QED) is 0.560. The molecule has 0 bridgehead atoms. The molecule has 2 saturated heterocycles. The lowest BCUT2D eigenvalue weighted by Crippen LogP contribution is -2.42. The summed E-state index contributed by atoms with van der Waals surface area (Å²) in [6.45, 7) is 9.17. The van der Waals surface area contributed by atoms with Crippen LogP contribution in [0.1, 0.15) is 44.0 Å². The van der Waals surface area contributed by atoms with E-state index in [1.165, 1.54) is 0 Å². The summed E-state index contributed by atoms with van der Waals surface area (Å²) in [6.07, 6.45) is 5.43. The Kier molecular flexibility index (Phi) is 7.46. The first-order valence-electron chi connectivity index (χ1n) is 11.4. The second-order valence-electron chi connectivity index (χ2n) is 8.77. The van der Waals surface area contributed by atoms with E-state index in [1.807, 2.05) is 6.92 Å². The van der Waals surface area contributed by atoms with Crippen LogP contribution in [0, 0.1) is 19.8 Å². The lowest BCUT2D eigenvalue weighted by Gasteiger charge is -2.28. The molecule has 4 heterocycles. The topological polar surface area (TPSA) is 105 Å². The fraction of sp³-hybridized carbons (Fsp3) is 0.636. The summed E-state index contributed by atoms with van der Waals surface area (Å²) in [4.78, 5) is 10.3. The molecule has 2 fully saturated rings. The molecule has 2 aromatic rings. The predicted molar refractivity (Wildman–Crippen MR) is 128 cm³/mol. The van der Waals surface area contributed by atoms with E-state index in [1.54, 1.807) is 30.5 Å². The van der Waals surface area contributed by atoms with Gasteiger partial charge in [-0.15, -0.1) is 0 Å². The minimum atomic E-state index is -3.64. The Morgan fingerprint density at radius 3 is 2.59 bits per heavy atom. The minimum absolute atomic E-state index is 0.0445. The molecule has 3 N–H and O–H groups in total. The van der Waals surface area contributed by atoms with E-state index < -0.39 is 10.0 Å². The number of piperidine rings is 1. The van der Waals surface area contributed by atoms with Crippen molar-refractivity contribution in [1.29, 1.82) is 0 Å². The molecule has 0 saturated carbocycles. The number of aryl methyl sites for hydroxylation is 2. The number of aromatic nitrogens is 2. The molecule has 1 unspecified atom stereocenters. The first-order chi connectivity index (χ1) is 15.3. The Hall–Kier alpha value is -1.59. The number of hydrogen-bond donors (Lipinski definition) is 3. The third-order valence-corrected chi connectivity index (χ3v) is 9.15. The van der Waals surface area contributed by atoms with Crippen LogP contribution >= 0.6 is 11.3 Å². The summed E-state index contributed by atoms with van der Waals surface area (Å²) in [5, 5.41) is 7.66. The average Bonchev–Trinajstić information content (AvgIpc) is 3.14. The van der Waals surface area contributed by atoms with Crippen LogP contribution in [-0.4, -0.2) is 56.8 Å². The molecule has 32 heavy (non-hydrogen) atoms. The van der Waals surface area contributed by atoms with E-state index in [4.69, 9.17) is 9.72 Å². The zero-order chi connectivity index (χ0) is 22.7. The van der Waals surface area contributed by atoms with Gasteiger partial charge in [0, 0.05) is 37.1 Å². The van der Waals surface area contributed by atoms with Crippen molar-refractivity contribution in [3.8, 4) is 10.4 Å². The lowest BCUT2D eigenvalue weighted by atomic mass is 9.93. The molecule has 2 aromatic heterocycles. The molecule has 0 radical (unpaired) electrons. The number of hydrogen-bond acceptors (Lipinski definition) is 8. The van der Waals surface area contributed by atoms with E-state index in [0.29, 0.717) is 17.7 Å². The van der Waals surface area contributed by atoms with Crippen molar-refractivity contribution in [2.75, 3.05) is 31.6 Å². The first kappa shape index (κ1) is 23.6. The molecule has 2 aliphatic heterocycles. The number of rotatable bonds is 7. The van der Waals surface area contributed by atoms with Gasteiger partial charge in [0.2, 0.25) is 10.0 Å². The third kappa shape index (κ3) is 5.48. The highest BCUT2D eigenvalue weighted by molar-refractivity contribution is 7.89. The van der Waals surface area contributed by atoms with Crippen LogP contribution in [0.2, 0.25) is 0 Å². The van der Waals surface area contributed by atoms with Crippen molar-refractivity contribution in [3.05, 3.63) is 23.7 Å². The standard InChI is InChI=1S/C22H33N5O3S2/c1-14(17-6-10-30-11-7-17)25-22-26-16(3)21(31-22)18-12-20(15(2)24-13-18)32(28,29)27-19-4-8-23-9-5-19/h12-14,17,19,23,27H,4-11H2,1-3H3,(H,25,26). The van der Waals surface area contributed by atoms with Gasteiger partial charge in [0.05, 0.1) is 16.3 Å². The summed E-state index contributed by atoms with van der Waals surface area (Å²) < 4.78 is 34.6. The van der Waals surface area contributed by atoms with Crippen molar-refractivity contribution >= 4 is 26.5 Å². The maximum Gasteiger partial charge on any atom is 0.242 e. The Bertz CT molecular complexity index is 1030. The maximum atomic E-state index is 13.1. The molecule has 2 aliphatic rings. The fourth-order valence-electron chi connectivity index (χ4n) is 4.39. The number of nitrogens with one attached hydrogen (secondary N) is 3. The number of thiazole rings is 1. The molecule has 0 amide bonds. The number of pyridine rings is 1. The zero-order valence-electron chi connectivity index (χ0n) is 19.0. The normalized spacial score (nSPS) is 19.7. The first-order valence-corrected chi connectivity index (χ1v) is 13.7. The van der Waals surface area contributed by atoms with Gasteiger partial charge in [-0.25, -0.2) is 18.1 Å². The van der Waals surface area contributed by atoms with E-state index >= 15 is 0 Å². The van der Waals surface area contributed by atoms with E-state index in [2.05, 4.69) is 27.3 Å². The molecule has 0 aliphatic carbocycles. The van der Waals surface area contributed by atoms with Crippen molar-refractivity contribution in [2.24, 2.45) is 5.92 Å². The molecule has 176 valence electrons. The van der Waals surface area contributed by atoms with E-state index in [-0.39, 0.29) is 10.9 Å². The van der Waals surface area contributed by atoms with Gasteiger partial charge in [0.25, 0.3) is 0 Å². The van der Waals surface area contributed by atoms with Crippen molar-refractivity contribution in [2.45, 2.75) is 63.4 Å². The van der Waals surface area contributed by atoms with E-state index in [9.17, 15) is 8.42 Å². The molecule has 8 nitrogen and oxygen atoms in total. The summed E-state index contributed by atoms with van der Waals surface area (Å²) in [5.41, 5.74) is 2.16. The summed E-state index contributed by atoms with van der Waals surface area (Å²) in [7, 11) is -3.64. The number of nitrogens with zero attached hydrogens (tertiary/aromatic N) is 2. The monoisotopic (exact) mass is 479 g/mol. The van der Waals surface area contributed by atoms with Gasteiger partial charge < -0.3 is 15.4 Å². The lowest BCUT2D eigenvalue weighted by molar-refractivity contribution is 0.0622. The molecule has 10 heteroatoms. The fourth-order valence-corrected chi connectivity index (χ4v) is 6.96. The number of ether oxygens (including phenoxy) is 1. The molecular weight excluding hydrogens is 446 g/mol. The Balaban J connectivity index is 1.54. The van der Waals surface area contributed by atoms with Gasteiger partial charge in [0.1, 0.15) is 4.90 Å². The average molecular weight is 480 g/mol. The van der Waals surface area contributed by atoms with Crippen LogP contribution in [-0.2, 0) is 14.8 Å². The van der Waals surface area contributed by atoms with Gasteiger partial charge in [-0.2, -0.15) is 0 Å². The van der Waals surface area contributed by atoms with Crippen LogP contribution in [0.3, 0.4) is 0 Å². The van der Waals surface area contributed by atoms with Crippen molar-refractivity contribution in [1.82, 2.24) is 20.0 Å². The SMILES string of the molecule is Cc1ncc(-c2sc(NC(C)C3CCOCC3)nc2C)cc1S(=O)(=O)NC1CCNCC1. The van der Waals surface area contributed by atoms with Crippen molar-refractivity contribution in [3.63, 3.8) is 0 Å². The molecule has 4 rings (SSSR count). The minimum Gasteiger partial charge on any atom is -0.381 e. The molecular formula is C22H33N5O3S2. The van der Waals surface area contributed by atoms with Gasteiger partial charge in [-0.05, 0) is 71.5 Å². The highest BCUT2D eigenvalue weighted by atomic mass is 32.2. The van der Waals surface area contributed by atoms with Crippen LogP contribution < -0.4 is 15.4 Å². The van der Waals surface area contributed by atoms with Crippen LogP contribution in [0.25, 0.3) is 10.4 Å². The van der Waals surface area contributed by atoms with Crippen LogP contribution in [0.5, 0.6) is 0 Å². The Morgan fingerprint density at radius 1 is 1.16 bits per heavy atom. The van der Waals surface area contributed by atoms with Gasteiger partial charge >= 0.3 is 0 Å². The van der Waals surface area contributed by atoms with Gasteiger partial charge in [-0.1, -0.05) is 11.3 Å². The third-order valence-electron chi connectivity index (χ3n) is 6.37. The smallest absolute Gasteiger partial charge is 0.242 e. The molecule has 0 spiro atoms. The van der Waals surface area contributed by atoms with Crippen LogP contribution in [0.4, 0.5) is 5.13 Å². The van der Waals surface area contributed by atoms with E-state index in [0.717, 1.165) is 73.3 Å². The molecule has 0 aromatic carbocycles. The number of anilines is 1. The van der Waals surface area contributed by atoms with Gasteiger partial charge in [-0.3, -0.25) is 4.98 Å². The highest BCUT2D eigenvalue weighted by Crippen LogP contribution is 2.35. The predicted octanol–water partition coefficient (Wildman–Crippen LogP) is 3.08. The second kappa shape index (κ2) is 10.1. The summed E-state index contributed by atoms with van der Waals surface area (Å²) in [6, 6.07) is 1.99. The van der Waals surface area contributed by atoms with Crippen LogP contribution in [0.15, 0.2) is 17.2 Å². The maximum absolute atomic E-state index is 13.1. The Morgan fingerprint density at radius 2 is 1.88 bits per heavy atom. The van der Waals surface area contributed by atoms with Crippen molar-refractivity contribution < 1.29 is 13.2 Å². The zero-order valence-corrected chi connectivity index (χ0v) is 20.6. The molecule has 1 atom stereocenters. The largest absolute Gasteiger partial charge is 0.381 e. The Labute approximate surface area is 194 Å². The summed E-state index contributed by atoms with van der Waals surface area (Å²) >= 11 is 1.55. The van der Waals surface area contributed by atoms with Gasteiger partial charge in [0.15, 0.2) is 5.13 Å². The second-order valence-corrected chi connectivity index (χ2v) is 11.5. The summed E-state index contributed by atoms with van der Waals surface area (Å²) in [5.74, 6) is 0.565. The number of sulfonamides is 1.